The number of ether oxygens (including phenoxy) is 1. The van der Waals surface area contributed by atoms with Crippen LogP contribution in [-0.2, 0) is 20.7 Å². The first-order valence-electron chi connectivity index (χ1n) is 11.2. The van der Waals surface area contributed by atoms with Crippen LogP contribution in [0.1, 0.15) is 44.4 Å². The monoisotopic (exact) mass is 426 g/mol. The van der Waals surface area contributed by atoms with Gasteiger partial charge in [-0.1, -0.05) is 35.5 Å². The maximum atomic E-state index is 13.1. The number of hydrogen-bond donors (Lipinski definition) is 0. The summed E-state index contributed by atoms with van der Waals surface area (Å²) in [6.45, 7) is 3.58. The number of likely N-dealkylation sites (tertiary alicyclic amines) is 1. The smallest absolute Gasteiger partial charge is 0.227 e. The van der Waals surface area contributed by atoms with Gasteiger partial charge in [0.05, 0.1) is 0 Å². The molecular formula is C23H30N4O4. The lowest BCUT2D eigenvalue weighted by Gasteiger charge is -2.35. The van der Waals surface area contributed by atoms with Crippen LogP contribution in [0.5, 0.6) is 0 Å². The van der Waals surface area contributed by atoms with Crippen LogP contribution in [0.25, 0.3) is 11.4 Å². The number of nitrogens with zero attached hydrogens (tertiary/aromatic N) is 4. The molecule has 0 saturated carbocycles. The number of amides is 2. The van der Waals surface area contributed by atoms with Crippen LogP contribution in [0.4, 0.5) is 0 Å². The minimum Gasteiger partial charge on any atom is -0.381 e. The third-order valence-electron chi connectivity index (χ3n) is 6.00. The minimum atomic E-state index is 0.0964. The molecule has 0 spiro atoms. The zero-order valence-electron chi connectivity index (χ0n) is 17.9. The lowest BCUT2D eigenvalue weighted by atomic mass is 10.1. The Morgan fingerprint density at radius 2 is 2.00 bits per heavy atom. The normalized spacial score (nSPS) is 17.3. The number of carbonyl (C=O) groups excluding carboxylic acids is 2. The van der Waals surface area contributed by atoms with Crippen molar-refractivity contribution in [1.29, 1.82) is 0 Å². The van der Waals surface area contributed by atoms with Gasteiger partial charge in [-0.2, -0.15) is 4.98 Å². The van der Waals surface area contributed by atoms with E-state index in [0.29, 0.717) is 50.7 Å². The molecule has 4 rings (SSSR count). The Hall–Kier alpha value is -2.74. The van der Waals surface area contributed by atoms with Crippen molar-refractivity contribution in [2.45, 2.75) is 51.0 Å². The summed E-state index contributed by atoms with van der Waals surface area (Å²) >= 11 is 0. The maximum absolute atomic E-state index is 13.1. The van der Waals surface area contributed by atoms with E-state index in [1.54, 1.807) is 0 Å². The molecule has 2 amide bonds. The van der Waals surface area contributed by atoms with Gasteiger partial charge in [-0.15, -0.1) is 0 Å². The first-order chi connectivity index (χ1) is 15.2. The third kappa shape index (κ3) is 5.70. The predicted octanol–water partition coefficient (Wildman–Crippen LogP) is 2.69. The van der Waals surface area contributed by atoms with Crippen molar-refractivity contribution in [3.63, 3.8) is 0 Å². The summed E-state index contributed by atoms with van der Waals surface area (Å²) in [6.07, 6.45) is 4.85. The maximum Gasteiger partial charge on any atom is 0.227 e. The average molecular weight is 427 g/mol. The fourth-order valence-corrected chi connectivity index (χ4v) is 4.30. The van der Waals surface area contributed by atoms with Crippen LogP contribution < -0.4 is 0 Å². The van der Waals surface area contributed by atoms with Crippen molar-refractivity contribution < 1.29 is 18.8 Å². The van der Waals surface area contributed by atoms with E-state index in [4.69, 9.17) is 9.26 Å². The summed E-state index contributed by atoms with van der Waals surface area (Å²) in [5, 5.41) is 4.03. The Morgan fingerprint density at radius 1 is 1.19 bits per heavy atom. The number of aromatic nitrogens is 2. The second-order valence-electron chi connectivity index (χ2n) is 8.15. The van der Waals surface area contributed by atoms with Crippen LogP contribution in [0.2, 0.25) is 0 Å². The van der Waals surface area contributed by atoms with E-state index in [1.165, 1.54) is 0 Å². The molecule has 0 radical (unpaired) electrons. The van der Waals surface area contributed by atoms with Crippen LogP contribution in [-0.4, -0.2) is 70.6 Å². The Kier molecular flexibility index (Phi) is 7.30. The van der Waals surface area contributed by atoms with Gasteiger partial charge in [0.25, 0.3) is 0 Å². The molecule has 8 nitrogen and oxygen atoms in total. The first-order valence-corrected chi connectivity index (χ1v) is 11.2. The van der Waals surface area contributed by atoms with Gasteiger partial charge >= 0.3 is 0 Å². The Bertz CT molecular complexity index is 863. The van der Waals surface area contributed by atoms with Crippen molar-refractivity contribution in [2.75, 3.05) is 32.8 Å². The molecule has 2 aromatic rings. The van der Waals surface area contributed by atoms with E-state index < -0.39 is 0 Å². The molecule has 2 aliphatic heterocycles. The van der Waals surface area contributed by atoms with Gasteiger partial charge in [-0.05, 0) is 25.7 Å². The van der Waals surface area contributed by atoms with E-state index in [-0.39, 0.29) is 17.9 Å². The molecule has 0 unspecified atom stereocenters. The lowest BCUT2D eigenvalue weighted by Crippen LogP contribution is -2.44. The van der Waals surface area contributed by atoms with Crippen molar-refractivity contribution in [1.82, 2.24) is 19.9 Å². The minimum absolute atomic E-state index is 0.0964. The summed E-state index contributed by atoms with van der Waals surface area (Å²) in [6, 6.07) is 9.84. The number of carbonyl (C=O) groups is 2. The van der Waals surface area contributed by atoms with Gasteiger partial charge < -0.3 is 19.1 Å². The fourth-order valence-electron chi connectivity index (χ4n) is 4.30. The number of benzene rings is 1. The zero-order chi connectivity index (χ0) is 21.5. The first kappa shape index (κ1) is 21.5. The molecule has 2 aliphatic rings. The van der Waals surface area contributed by atoms with Gasteiger partial charge in [-0.3, -0.25) is 9.59 Å². The molecule has 1 aromatic heterocycles. The van der Waals surface area contributed by atoms with Crippen LogP contribution in [0.15, 0.2) is 34.9 Å². The second kappa shape index (κ2) is 10.5. The number of rotatable bonds is 9. The summed E-state index contributed by atoms with van der Waals surface area (Å²) in [4.78, 5) is 33.3. The summed E-state index contributed by atoms with van der Waals surface area (Å²) in [7, 11) is 0. The highest BCUT2D eigenvalue weighted by Gasteiger charge is 2.27. The largest absolute Gasteiger partial charge is 0.381 e. The van der Waals surface area contributed by atoms with Gasteiger partial charge in [-0.25, -0.2) is 0 Å². The van der Waals surface area contributed by atoms with Gasteiger partial charge in [0, 0.05) is 63.7 Å². The Balaban J connectivity index is 1.32. The highest BCUT2D eigenvalue weighted by molar-refractivity contribution is 5.78. The standard InChI is InChI=1S/C23H30N4O4/c28-21-8-4-13-26(21)14-5-15-27(19-11-16-30-17-12-19)22(29)10-9-20-24-23(25-31-20)18-6-2-1-3-7-18/h1-3,6-7,19H,4-5,8-17H2. The molecule has 0 N–H and O–H groups in total. The fraction of sp³-hybridized carbons (Fsp3) is 0.565. The molecule has 8 heteroatoms. The third-order valence-corrected chi connectivity index (χ3v) is 6.00. The van der Waals surface area contributed by atoms with Gasteiger partial charge in [0.1, 0.15) is 0 Å². The molecule has 0 aliphatic carbocycles. The van der Waals surface area contributed by atoms with E-state index in [1.807, 2.05) is 40.1 Å². The van der Waals surface area contributed by atoms with Crippen LogP contribution >= 0.6 is 0 Å². The SMILES string of the molecule is O=C1CCCN1CCCN(C(=O)CCc1nc(-c2ccccc2)no1)C1CCOCC1. The average Bonchev–Trinajstić information content (AvgIpc) is 3.45. The summed E-state index contributed by atoms with van der Waals surface area (Å²) in [5.74, 6) is 1.34. The second-order valence-corrected chi connectivity index (χ2v) is 8.15. The number of hydrogen-bond acceptors (Lipinski definition) is 6. The Morgan fingerprint density at radius 3 is 2.74 bits per heavy atom. The zero-order valence-corrected chi connectivity index (χ0v) is 17.9. The van der Waals surface area contributed by atoms with E-state index in [9.17, 15) is 9.59 Å². The van der Waals surface area contributed by atoms with Gasteiger partial charge in [0.15, 0.2) is 0 Å². The lowest BCUT2D eigenvalue weighted by molar-refractivity contribution is -0.135. The van der Waals surface area contributed by atoms with Crippen LogP contribution in [0.3, 0.4) is 0 Å². The molecule has 2 fully saturated rings. The molecule has 31 heavy (non-hydrogen) atoms. The van der Waals surface area contributed by atoms with Crippen molar-refractivity contribution in [2.24, 2.45) is 0 Å². The van der Waals surface area contributed by atoms with Crippen molar-refractivity contribution in [3.05, 3.63) is 36.2 Å². The molecule has 166 valence electrons. The molecule has 3 heterocycles. The van der Waals surface area contributed by atoms with E-state index in [0.717, 1.165) is 44.3 Å². The molecule has 0 bridgehead atoms. The highest BCUT2D eigenvalue weighted by atomic mass is 16.5. The molecule has 1 aromatic carbocycles. The van der Waals surface area contributed by atoms with Crippen molar-refractivity contribution in [3.8, 4) is 11.4 Å². The van der Waals surface area contributed by atoms with E-state index >= 15 is 0 Å². The summed E-state index contributed by atoms with van der Waals surface area (Å²) < 4.78 is 10.8. The Labute approximate surface area is 182 Å². The predicted molar refractivity (Wildman–Crippen MR) is 114 cm³/mol. The molecule has 2 saturated heterocycles. The van der Waals surface area contributed by atoms with Crippen LogP contribution in [0, 0.1) is 0 Å². The molecule has 0 atom stereocenters. The highest BCUT2D eigenvalue weighted by Crippen LogP contribution is 2.19. The summed E-state index contributed by atoms with van der Waals surface area (Å²) in [5.41, 5.74) is 0.893. The quantitative estimate of drug-likeness (QED) is 0.613. The molecular weight excluding hydrogens is 396 g/mol. The van der Waals surface area contributed by atoms with Crippen molar-refractivity contribution >= 4 is 11.8 Å². The van der Waals surface area contributed by atoms with E-state index in [2.05, 4.69) is 10.1 Å². The number of aryl methyl sites for hydroxylation is 1. The van der Waals surface area contributed by atoms with Gasteiger partial charge in [0.2, 0.25) is 23.5 Å². The topological polar surface area (TPSA) is 88.8 Å².